The molecule has 0 aromatic heterocycles. The van der Waals surface area contributed by atoms with Gasteiger partial charge in [-0.05, 0) is 49.2 Å². The van der Waals surface area contributed by atoms with Crippen LogP contribution in [0.4, 0.5) is 0 Å². The number of hydrogen-bond acceptors (Lipinski definition) is 4. The molecule has 1 N–H and O–H groups in total. The number of carbonyl (C=O) groups excluding carboxylic acids is 1. The Balaban J connectivity index is 1.85. The lowest BCUT2D eigenvalue weighted by atomic mass is 10.1. The molecule has 0 atom stereocenters. The van der Waals surface area contributed by atoms with Crippen LogP contribution in [0.15, 0.2) is 41.5 Å². The smallest absolute Gasteiger partial charge is 0.277 e. The van der Waals surface area contributed by atoms with Crippen LogP contribution in [-0.2, 0) is 4.79 Å². The first kappa shape index (κ1) is 17.8. The Bertz CT molecular complexity index is 760. The van der Waals surface area contributed by atoms with Crippen LogP contribution in [0.25, 0.3) is 0 Å². The first-order valence-electron chi connectivity index (χ1n) is 7.35. The van der Waals surface area contributed by atoms with Gasteiger partial charge in [0.15, 0.2) is 6.61 Å². The minimum atomic E-state index is -0.342. The number of halogens is 1. The molecule has 2 rings (SSSR count). The van der Waals surface area contributed by atoms with Crippen LogP contribution in [0.3, 0.4) is 0 Å². The number of rotatable bonds is 6. The Hall–Kier alpha value is -2.53. The van der Waals surface area contributed by atoms with E-state index in [1.807, 2.05) is 32.0 Å². The van der Waals surface area contributed by atoms with Gasteiger partial charge in [-0.25, -0.2) is 5.43 Å². The molecule has 0 fully saturated rings. The molecule has 0 unspecified atom stereocenters. The molecule has 0 aliphatic carbocycles. The zero-order valence-corrected chi connectivity index (χ0v) is 14.6. The number of hydrazone groups is 1. The first-order chi connectivity index (χ1) is 11.5. The summed E-state index contributed by atoms with van der Waals surface area (Å²) in [6.07, 6.45) is 1.50. The minimum absolute atomic E-state index is 0.107. The molecule has 0 spiro atoms. The highest BCUT2D eigenvalue weighted by Gasteiger charge is 2.04. The molecule has 0 radical (unpaired) electrons. The highest BCUT2D eigenvalue weighted by atomic mass is 35.5. The zero-order valence-electron chi connectivity index (χ0n) is 13.8. The summed E-state index contributed by atoms with van der Waals surface area (Å²) in [6, 6.07) is 11.0. The second-order valence-electron chi connectivity index (χ2n) is 5.24. The van der Waals surface area contributed by atoms with E-state index in [2.05, 4.69) is 10.5 Å². The van der Waals surface area contributed by atoms with Crippen LogP contribution < -0.4 is 14.9 Å². The molecule has 6 heteroatoms. The summed E-state index contributed by atoms with van der Waals surface area (Å²) in [4.78, 5) is 11.8. The third-order valence-corrected chi connectivity index (χ3v) is 3.56. The topological polar surface area (TPSA) is 59.9 Å². The van der Waals surface area contributed by atoms with E-state index in [1.54, 1.807) is 25.3 Å². The molecule has 0 saturated carbocycles. The Kier molecular flexibility index (Phi) is 6.21. The van der Waals surface area contributed by atoms with Crippen LogP contribution in [0.1, 0.15) is 16.7 Å². The number of carbonyl (C=O) groups is 1. The van der Waals surface area contributed by atoms with Gasteiger partial charge >= 0.3 is 0 Å². The fourth-order valence-electron chi connectivity index (χ4n) is 2.08. The molecule has 0 bridgehead atoms. The lowest BCUT2D eigenvalue weighted by Gasteiger charge is -2.08. The van der Waals surface area contributed by atoms with E-state index in [-0.39, 0.29) is 12.5 Å². The maximum absolute atomic E-state index is 11.8. The zero-order chi connectivity index (χ0) is 17.5. The summed E-state index contributed by atoms with van der Waals surface area (Å²) in [5.41, 5.74) is 5.29. The van der Waals surface area contributed by atoms with Crippen molar-refractivity contribution in [3.05, 3.63) is 58.1 Å². The van der Waals surface area contributed by atoms with E-state index in [0.29, 0.717) is 16.5 Å². The van der Waals surface area contributed by atoms with Crippen molar-refractivity contribution in [2.75, 3.05) is 13.7 Å². The molecule has 0 aliphatic heterocycles. The number of methoxy groups -OCH3 is 1. The second kappa shape index (κ2) is 8.36. The molecule has 24 heavy (non-hydrogen) atoms. The van der Waals surface area contributed by atoms with Gasteiger partial charge in [0, 0.05) is 0 Å². The minimum Gasteiger partial charge on any atom is -0.495 e. The molecule has 0 saturated heterocycles. The summed E-state index contributed by atoms with van der Waals surface area (Å²) < 4.78 is 10.6. The van der Waals surface area contributed by atoms with Crippen LogP contribution in [0.5, 0.6) is 11.5 Å². The van der Waals surface area contributed by atoms with E-state index < -0.39 is 0 Å². The Morgan fingerprint density at radius 3 is 2.62 bits per heavy atom. The average Bonchev–Trinajstić information content (AvgIpc) is 2.54. The summed E-state index contributed by atoms with van der Waals surface area (Å²) in [7, 11) is 1.55. The summed E-state index contributed by atoms with van der Waals surface area (Å²) in [5.74, 6) is 0.923. The van der Waals surface area contributed by atoms with Crippen molar-refractivity contribution in [2.45, 2.75) is 13.8 Å². The lowest BCUT2D eigenvalue weighted by molar-refractivity contribution is -0.123. The number of benzene rings is 2. The Morgan fingerprint density at radius 2 is 1.96 bits per heavy atom. The van der Waals surface area contributed by atoms with Gasteiger partial charge in [0.2, 0.25) is 0 Å². The van der Waals surface area contributed by atoms with Crippen molar-refractivity contribution in [3.63, 3.8) is 0 Å². The lowest BCUT2D eigenvalue weighted by Crippen LogP contribution is -2.24. The number of ether oxygens (including phenoxy) is 2. The van der Waals surface area contributed by atoms with Crippen molar-refractivity contribution in [1.82, 2.24) is 5.43 Å². The highest BCUT2D eigenvalue weighted by molar-refractivity contribution is 6.32. The van der Waals surface area contributed by atoms with Crippen molar-refractivity contribution in [2.24, 2.45) is 5.10 Å². The van der Waals surface area contributed by atoms with Crippen molar-refractivity contribution < 1.29 is 14.3 Å². The van der Waals surface area contributed by atoms with Crippen LogP contribution in [-0.4, -0.2) is 25.8 Å². The fourth-order valence-corrected chi connectivity index (χ4v) is 2.34. The van der Waals surface area contributed by atoms with Gasteiger partial charge in [-0.15, -0.1) is 0 Å². The Morgan fingerprint density at radius 1 is 1.21 bits per heavy atom. The number of nitrogens with zero attached hydrogens (tertiary/aromatic N) is 1. The van der Waals surface area contributed by atoms with Crippen molar-refractivity contribution >= 4 is 23.7 Å². The van der Waals surface area contributed by atoms with E-state index in [9.17, 15) is 4.79 Å². The van der Waals surface area contributed by atoms with Gasteiger partial charge < -0.3 is 9.47 Å². The molecule has 5 nitrogen and oxygen atoms in total. The van der Waals surface area contributed by atoms with Gasteiger partial charge in [-0.1, -0.05) is 29.3 Å². The van der Waals surface area contributed by atoms with E-state index in [0.717, 1.165) is 16.7 Å². The summed E-state index contributed by atoms with van der Waals surface area (Å²) in [5, 5.41) is 4.36. The number of hydrogen-bond donors (Lipinski definition) is 1. The van der Waals surface area contributed by atoms with Crippen LogP contribution >= 0.6 is 11.6 Å². The fraction of sp³-hybridized carbons (Fsp3) is 0.222. The van der Waals surface area contributed by atoms with Gasteiger partial charge in [0.05, 0.1) is 18.3 Å². The van der Waals surface area contributed by atoms with E-state index in [4.69, 9.17) is 21.1 Å². The van der Waals surface area contributed by atoms with Crippen molar-refractivity contribution in [1.29, 1.82) is 0 Å². The van der Waals surface area contributed by atoms with Crippen LogP contribution in [0.2, 0.25) is 5.02 Å². The van der Waals surface area contributed by atoms with Crippen LogP contribution in [0, 0.1) is 13.8 Å². The molecular weight excluding hydrogens is 328 g/mol. The number of aryl methyl sites for hydroxylation is 2. The quantitative estimate of drug-likeness (QED) is 0.643. The number of nitrogens with one attached hydrogen (secondary N) is 1. The summed E-state index contributed by atoms with van der Waals surface area (Å²) >= 11 is 6.02. The van der Waals surface area contributed by atoms with Gasteiger partial charge in [0.1, 0.15) is 11.5 Å². The molecule has 0 aliphatic rings. The number of amides is 1. The molecule has 126 valence electrons. The normalized spacial score (nSPS) is 10.7. The molecular formula is C18H19ClN2O3. The average molecular weight is 347 g/mol. The maximum Gasteiger partial charge on any atom is 0.277 e. The highest BCUT2D eigenvalue weighted by Crippen LogP contribution is 2.24. The van der Waals surface area contributed by atoms with Crippen molar-refractivity contribution in [3.8, 4) is 11.5 Å². The predicted octanol–water partition coefficient (Wildman–Crippen LogP) is 3.49. The maximum atomic E-state index is 11.8. The van der Waals surface area contributed by atoms with Gasteiger partial charge in [0.25, 0.3) is 5.91 Å². The van der Waals surface area contributed by atoms with Gasteiger partial charge in [-0.2, -0.15) is 5.10 Å². The predicted molar refractivity (Wildman–Crippen MR) is 95.2 cm³/mol. The summed E-state index contributed by atoms with van der Waals surface area (Å²) in [6.45, 7) is 3.83. The van der Waals surface area contributed by atoms with Gasteiger partial charge in [-0.3, -0.25) is 4.79 Å². The third-order valence-electron chi connectivity index (χ3n) is 3.27. The standard InChI is InChI=1S/C18H19ClN2O3/c1-12-4-6-16(13(2)8-12)24-11-18(22)21-20-10-14-5-7-17(23-3)15(19)9-14/h4-10H,11H2,1-3H3,(H,21,22)/b20-10+. The first-order valence-corrected chi connectivity index (χ1v) is 7.73. The monoisotopic (exact) mass is 346 g/mol. The SMILES string of the molecule is COc1ccc(/C=N/NC(=O)COc2ccc(C)cc2C)cc1Cl. The molecule has 1 amide bonds. The molecule has 0 heterocycles. The second-order valence-corrected chi connectivity index (χ2v) is 5.65. The Labute approximate surface area is 146 Å². The molecule has 2 aromatic carbocycles. The van der Waals surface area contributed by atoms with E-state index >= 15 is 0 Å². The molecule has 2 aromatic rings. The largest absolute Gasteiger partial charge is 0.495 e. The third kappa shape index (κ3) is 4.99. The van der Waals surface area contributed by atoms with E-state index in [1.165, 1.54) is 6.21 Å².